The van der Waals surface area contributed by atoms with Gasteiger partial charge < -0.3 is 10.6 Å². The standard InChI is InChI=1S/C22H21F3N4OS/c23-22(24,25)14-9-10-19(28-13-14)26-11-12-27-20(30)15-5-1-2-6-16(15)21-29-17-7-3-4-8-18(17)31-21/h1-4,7-10,13,15-16H,5-6,11-12H2,(H,26,28)(H,27,30). The van der Waals surface area contributed by atoms with Crippen LogP contribution in [0, 0.1) is 5.92 Å². The van der Waals surface area contributed by atoms with E-state index in [4.69, 9.17) is 4.98 Å². The molecule has 2 unspecified atom stereocenters. The molecule has 162 valence electrons. The summed E-state index contributed by atoms with van der Waals surface area (Å²) in [7, 11) is 0. The van der Waals surface area contributed by atoms with Crippen LogP contribution in [0.3, 0.4) is 0 Å². The molecule has 0 aliphatic heterocycles. The number of nitrogens with one attached hydrogen (secondary N) is 2. The van der Waals surface area contributed by atoms with Crippen LogP contribution in [0.15, 0.2) is 54.7 Å². The van der Waals surface area contributed by atoms with E-state index in [-0.39, 0.29) is 17.7 Å². The van der Waals surface area contributed by atoms with Crippen LogP contribution in [0.1, 0.15) is 29.3 Å². The van der Waals surface area contributed by atoms with E-state index in [0.717, 1.165) is 33.9 Å². The maximum absolute atomic E-state index is 12.8. The van der Waals surface area contributed by atoms with Crippen LogP contribution in [0.5, 0.6) is 0 Å². The van der Waals surface area contributed by atoms with E-state index in [9.17, 15) is 18.0 Å². The number of rotatable bonds is 6. The van der Waals surface area contributed by atoms with Crippen LogP contribution < -0.4 is 10.6 Å². The number of aromatic nitrogens is 2. The second-order valence-corrected chi connectivity index (χ2v) is 8.39. The Hall–Kier alpha value is -2.94. The molecule has 0 spiro atoms. The summed E-state index contributed by atoms with van der Waals surface area (Å²) < 4.78 is 38.9. The highest BCUT2D eigenvalue weighted by Crippen LogP contribution is 2.38. The molecule has 1 aliphatic carbocycles. The van der Waals surface area contributed by atoms with Gasteiger partial charge in [-0.1, -0.05) is 24.3 Å². The highest BCUT2D eigenvalue weighted by atomic mass is 32.1. The van der Waals surface area contributed by atoms with Crippen molar-refractivity contribution in [3.63, 3.8) is 0 Å². The number of para-hydroxylation sites is 1. The van der Waals surface area contributed by atoms with E-state index >= 15 is 0 Å². The molecule has 5 nitrogen and oxygen atoms in total. The molecule has 9 heteroatoms. The number of anilines is 1. The number of halogens is 3. The second-order valence-electron chi connectivity index (χ2n) is 7.32. The quantitative estimate of drug-likeness (QED) is 0.414. The Kier molecular flexibility index (Phi) is 6.22. The lowest BCUT2D eigenvalue weighted by Crippen LogP contribution is -2.37. The number of carbonyl (C=O) groups excluding carboxylic acids is 1. The zero-order chi connectivity index (χ0) is 21.8. The van der Waals surface area contributed by atoms with Crippen LogP contribution in [0.4, 0.5) is 19.0 Å². The molecule has 1 aromatic carbocycles. The minimum Gasteiger partial charge on any atom is -0.368 e. The largest absolute Gasteiger partial charge is 0.417 e. The van der Waals surface area contributed by atoms with Gasteiger partial charge in [-0.3, -0.25) is 4.79 Å². The topological polar surface area (TPSA) is 66.9 Å². The summed E-state index contributed by atoms with van der Waals surface area (Å²) in [5.41, 5.74) is 0.155. The minimum atomic E-state index is -4.41. The van der Waals surface area contributed by atoms with Crippen molar-refractivity contribution in [2.45, 2.75) is 24.9 Å². The van der Waals surface area contributed by atoms with E-state index < -0.39 is 11.7 Å². The maximum Gasteiger partial charge on any atom is 0.417 e. The number of carbonyl (C=O) groups is 1. The monoisotopic (exact) mass is 446 g/mol. The number of alkyl halides is 3. The molecule has 0 radical (unpaired) electrons. The van der Waals surface area contributed by atoms with Crippen LogP contribution in [-0.2, 0) is 11.0 Å². The van der Waals surface area contributed by atoms with Crippen LogP contribution in [-0.4, -0.2) is 29.0 Å². The number of amides is 1. The number of hydrogen-bond donors (Lipinski definition) is 2. The van der Waals surface area contributed by atoms with Gasteiger partial charge in [-0.2, -0.15) is 13.2 Å². The number of pyridine rings is 1. The smallest absolute Gasteiger partial charge is 0.368 e. The first-order valence-electron chi connectivity index (χ1n) is 9.97. The van der Waals surface area contributed by atoms with Crippen LogP contribution in [0.2, 0.25) is 0 Å². The molecular weight excluding hydrogens is 425 g/mol. The summed E-state index contributed by atoms with van der Waals surface area (Å²) in [6, 6.07) is 10.2. The molecule has 0 saturated carbocycles. The summed E-state index contributed by atoms with van der Waals surface area (Å²) >= 11 is 1.63. The fourth-order valence-corrected chi connectivity index (χ4v) is 4.75. The van der Waals surface area contributed by atoms with E-state index in [2.05, 4.69) is 21.7 Å². The number of allylic oxidation sites excluding steroid dienone is 2. The molecule has 2 heterocycles. The molecule has 1 amide bonds. The highest BCUT2D eigenvalue weighted by Gasteiger charge is 2.32. The lowest BCUT2D eigenvalue weighted by Gasteiger charge is -2.26. The minimum absolute atomic E-state index is 0.0342. The fraction of sp³-hybridized carbons (Fsp3) is 0.318. The van der Waals surface area contributed by atoms with Crippen LogP contribution in [0.25, 0.3) is 10.2 Å². The zero-order valence-corrected chi connectivity index (χ0v) is 17.3. The number of nitrogens with zero attached hydrogens (tertiary/aromatic N) is 2. The summed E-state index contributed by atoms with van der Waals surface area (Å²) in [4.78, 5) is 21.3. The summed E-state index contributed by atoms with van der Waals surface area (Å²) in [6.45, 7) is 0.701. The Labute approximate surface area is 181 Å². The van der Waals surface area contributed by atoms with Crippen LogP contribution >= 0.6 is 11.3 Å². The molecule has 0 saturated heterocycles. The first-order valence-corrected chi connectivity index (χ1v) is 10.8. The molecule has 0 fully saturated rings. The molecule has 2 N–H and O–H groups in total. The van der Waals surface area contributed by atoms with Gasteiger partial charge in [0, 0.05) is 25.2 Å². The second kappa shape index (κ2) is 9.05. The van der Waals surface area contributed by atoms with Crippen molar-refractivity contribution in [1.82, 2.24) is 15.3 Å². The van der Waals surface area contributed by atoms with Gasteiger partial charge in [0.05, 0.1) is 26.7 Å². The predicted molar refractivity (Wildman–Crippen MR) is 115 cm³/mol. The molecule has 2 atom stereocenters. The first kappa shape index (κ1) is 21.3. The maximum atomic E-state index is 12.8. The lowest BCUT2D eigenvalue weighted by atomic mass is 9.82. The van der Waals surface area contributed by atoms with Gasteiger partial charge in [0.1, 0.15) is 5.82 Å². The van der Waals surface area contributed by atoms with Gasteiger partial charge in [-0.05, 0) is 37.1 Å². The van der Waals surface area contributed by atoms with Crippen molar-refractivity contribution in [1.29, 1.82) is 0 Å². The van der Waals surface area contributed by atoms with Gasteiger partial charge in [-0.15, -0.1) is 11.3 Å². The average Bonchev–Trinajstić information content (AvgIpc) is 3.20. The van der Waals surface area contributed by atoms with Crippen molar-refractivity contribution < 1.29 is 18.0 Å². The Morgan fingerprint density at radius 3 is 2.65 bits per heavy atom. The predicted octanol–water partition coefficient (Wildman–Crippen LogP) is 4.99. The number of thiazole rings is 1. The Balaban J connectivity index is 1.32. The van der Waals surface area contributed by atoms with Crippen molar-refractivity contribution in [3.05, 3.63) is 65.3 Å². The SMILES string of the molecule is O=C(NCCNc1ccc(C(F)(F)F)cn1)C1CC=CCC1c1nc2ccccc2s1. The normalized spacial score (nSPS) is 18.8. The summed E-state index contributed by atoms with van der Waals surface area (Å²) in [5.74, 6) is 0.118. The van der Waals surface area contributed by atoms with Gasteiger partial charge in [0.2, 0.25) is 5.91 Å². The molecule has 0 bridgehead atoms. The zero-order valence-electron chi connectivity index (χ0n) is 16.5. The van der Waals surface area contributed by atoms with Crippen molar-refractivity contribution >= 4 is 33.3 Å². The average molecular weight is 446 g/mol. The molecule has 1 aliphatic rings. The summed E-state index contributed by atoms with van der Waals surface area (Å²) in [6.07, 6.45) is 1.92. The van der Waals surface area contributed by atoms with Crippen molar-refractivity contribution in [2.75, 3.05) is 18.4 Å². The molecule has 3 aromatic rings. The Morgan fingerprint density at radius 1 is 1.10 bits per heavy atom. The Morgan fingerprint density at radius 2 is 1.90 bits per heavy atom. The van der Waals surface area contributed by atoms with Gasteiger partial charge >= 0.3 is 6.18 Å². The van der Waals surface area contributed by atoms with Gasteiger partial charge in [0.15, 0.2) is 0 Å². The third kappa shape index (κ3) is 5.04. The van der Waals surface area contributed by atoms with E-state index in [1.54, 1.807) is 11.3 Å². The highest BCUT2D eigenvalue weighted by molar-refractivity contribution is 7.18. The number of fused-ring (bicyclic) bond motifs is 1. The molecular formula is C22H21F3N4OS. The van der Waals surface area contributed by atoms with E-state index in [1.807, 2.05) is 30.3 Å². The Bertz CT molecular complexity index is 1050. The lowest BCUT2D eigenvalue weighted by molar-refractivity contribution is -0.137. The summed E-state index contributed by atoms with van der Waals surface area (Å²) in [5, 5.41) is 6.82. The van der Waals surface area contributed by atoms with E-state index in [0.29, 0.717) is 25.3 Å². The van der Waals surface area contributed by atoms with E-state index in [1.165, 1.54) is 6.07 Å². The third-order valence-electron chi connectivity index (χ3n) is 5.22. The first-order chi connectivity index (χ1) is 14.9. The molecule has 2 aromatic heterocycles. The third-order valence-corrected chi connectivity index (χ3v) is 6.39. The number of hydrogen-bond acceptors (Lipinski definition) is 5. The van der Waals surface area contributed by atoms with Crippen molar-refractivity contribution in [2.24, 2.45) is 5.92 Å². The molecule has 31 heavy (non-hydrogen) atoms. The van der Waals surface area contributed by atoms with Gasteiger partial charge in [0.25, 0.3) is 0 Å². The molecule has 4 rings (SSSR count). The van der Waals surface area contributed by atoms with Crippen molar-refractivity contribution in [3.8, 4) is 0 Å². The fourth-order valence-electron chi connectivity index (χ4n) is 3.60. The van der Waals surface area contributed by atoms with Gasteiger partial charge in [-0.25, -0.2) is 9.97 Å². The number of benzene rings is 1.